The first-order valence-corrected chi connectivity index (χ1v) is 7.63. The molecular formula is C14H23F3N6. The van der Waals surface area contributed by atoms with E-state index in [9.17, 15) is 13.2 Å². The summed E-state index contributed by atoms with van der Waals surface area (Å²) in [6, 6.07) is 0.840. The zero-order chi connectivity index (χ0) is 17.1. The van der Waals surface area contributed by atoms with E-state index in [1.54, 1.807) is 0 Å². The average Bonchev–Trinajstić information content (AvgIpc) is 2.51. The van der Waals surface area contributed by atoms with Gasteiger partial charge in [0.2, 0.25) is 5.95 Å². The first kappa shape index (κ1) is 19.0. The molecule has 0 saturated carbocycles. The van der Waals surface area contributed by atoms with Gasteiger partial charge in [-0.15, -0.1) is 0 Å². The summed E-state index contributed by atoms with van der Waals surface area (Å²) in [5.41, 5.74) is -0.961. The molecule has 0 aliphatic carbocycles. The Kier molecular flexibility index (Phi) is 8.14. The van der Waals surface area contributed by atoms with E-state index in [4.69, 9.17) is 0 Å². The second-order valence-corrected chi connectivity index (χ2v) is 4.73. The van der Waals surface area contributed by atoms with Gasteiger partial charge in [0.25, 0.3) is 0 Å². The molecule has 0 aromatic carbocycles. The molecule has 130 valence electrons. The second-order valence-electron chi connectivity index (χ2n) is 4.73. The van der Waals surface area contributed by atoms with Crippen LogP contribution in [0.5, 0.6) is 0 Å². The smallest absolute Gasteiger partial charge is 0.357 e. The van der Waals surface area contributed by atoms with Crippen molar-refractivity contribution in [1.82, 2.24) is 20.6 Å². The summed E-state index contributed by atoms with van der Waals surface area (Å²) in [7, 11) is 0. The summed E-state index contributed by atoms with van der Waals surface area (Å²) in [4.78, 5) is 11.6. The lowest BCUT2D eigenvalue weighted by atomic mass is 10.3. The van der Waals surface area contributed by atoms with Crippen molar-refractivity contribution in [2.45, 2.75) is 32.9 Å². The van der Waals surface area contributed by atoms with Gasteiger partial charge < -0.3 is 16.0 Å². The van der Waals surface area contributed by atoms with Crippen LogP contribution in [0.2, 0.25) is 0 Å². The predicted molar refractivity (Wildman–Crippen MR) is 84.4 cm³/mol. The van der Waals surface area contributed by atoms with Crippen LogP contribution >= 0.6 is 0 Å². The standard InChI is InChI=1S/C14H23F3N6/c1-3-5-7-19-12(18-4-2)21-9-10-22-13-20-8-6-11(23-13)14(15,16)17/h6,8H,3-5,7,9-10H2,1-2H3,(H2,18,19,21)(H,20,22,23). The molecule has 0 fully saturated rings. The van der Waals surface area contributed by atoms with Crippen molar-refractivity contribution in [3.05, 3.63) is 18.0 Å². The maximum absolute atomic E-state index is 12.5. The Morgan fingerprint density at radius 2 is 2.00 bits per heavy atom. The largest absolute Gasteiger partial charge is 0.433 e. The van der Waals surface area contributed by atoms with Gasteiger partial charge in [-0.1, -0.05) is 13.3 Å². The first-order chi connectivity index (χ1) is 11.0. The van der Waals surface area contributed by atoms with Gasteiger partial charge in [-0.2, -0.15) is 13.2 Å². The van der Waals surface area contributed by atoms with Gasteiger partial charge in [-0.3, -0.25) is 4.99 Å². The fourth-order valence-corrected chi connectivity index (χ4v) is 1.65. The van der Waals surface area contributed by atoms with E-state index in [1.807, 2.05) is 6.92 Å². The number of anilines is 1. The highest BCUT2D eigenvalue weighted by Crippen LogP contribution is 2.27. The van der Waals surface area contributed by atoms with Crippen LogP contribution in [0.25, 0.3) is 0 Å². The molecule has 0 aliphatic heterocycles. The normalized spacial score (nSPS) is 12.1. The summed E-state index contributed by atoms with van der Waals surface area (Å²) < 4.78 is 37.6. The third-order valence-corrected chi connectivity index (χ3v) is 2.77. The SMILES string of the molecule is CCCCN=C(NCC)NCCNc1nccc(C(F)(F)F)n1. The number of hydrogen-bond acceptors (Lipinski definition) is 4. The lowest BCUT2D eigenvalue weighted by molar-refractivity contribution is -0.141. The Hall–Kier alpha value is -2.06. The molecule has 0 spiro atoms. The average molecular weight is 332 g/mol. The predicted octanol–water partition coefficient (Wildman–Crippen LogP) is 2.26. The number of guanidine groups is 1. The molecule has 0 saturated heterocycles. The molecule has 1 rings (SSSR count). The number of alkyl halides is 3. The minimum Gasteiger partial charge on any atom is -0.357 e. The Labute approximate surface area is 134 Å². The fourth-order valence-electron chi connectivity index (χ4n) is 1.65. The number of hydrogen-bond donors (Lipinski definition) is 3. The molecule has 0 bridgehead atoms. The summed E-state index contributed by atoms with van der Waals surface area (Å²) in [6.07, 6.45) is -1.31. The van der Waals surface area contributed by atoms with Crippen LogP contribution in [0.4, 0.5) is 19.1 Å². The molecule has 23 heavy (non-hydrogen) atoms. The minimum atomic E-state index is -4.47. The van der Waals surface area contributed by atoms with Crippen LogP contribution in [0, 0.1) is 0 Å². The van der Waals surface area contributed by atoms with Crippen LogP contribution in [0.15, 0.2) is 17.3 Å². The minimum absolute atomic E-state index is 0.0467. The third kappa shape index (κ3) is 7.66. The maximum atomic E-state index is 12.5. The van der Waals surface area contributed by atoms with Gasteiger partial charge in [0.1, 0.15) is 5.69 Å². The topological polar surface area (TPSA) is 74.2 Å². The summed E-state index contributed by atoms with van der Waals surface area (Å²) in [5.74, 6) is 0.641. The van der Waals surface area contributed by atoms with E-state index < -0.39 is 11.9 Å². The molecule has 6 nitrogen and oxygen atoms in total. The molecule has 0 amide bonds. The fraction of sp³-hybridized carbons (Fsp3) is 0.643. The van der Waals surface area contributed by atoms with Crippen molar-refractivity contribution in [2.75, 3.05) is 31.5 Å². The van der Waals surface area contributed by atoms with Crippen molar-refractivity contribution < 1.29 is 13.2 Å². The second kappa shape index (κ2) is 9.86. The number of rotatable bonds is 8. The zero-order valence-corrected chi connectivity index (χ0v) is 13.4. The van der Waals surface area contributed by atoms with Crippen molar-refractivity contribution in [1.29, 1.82) is 0 Å². The quantitative estimate of drug-likeness (QED) is 0.387. The van der Waals surface area contributed by atoms with Crippen LogP contribution in [-0.4, -0.2) is 42.1 Å². The molecule has 3 N–H and O–H groups in total. The van der Waals surface area contributed by atoms with Crippen molar-refractivity contribution in [3.63, 3.8) is 0 Å². The highest BCUT2D eigenvalue weighted by Gasteiger charge is 2.32. The Bertz CT molecular complexity index is 490. The number of nitrogens with one attached hydrogen (secondary N) is 3. The van der Waals surface area contributed by atoms with Crippen LogP contribution in [-0.2, 0) is 6.18 Å². The number of nitrogens with zero attached hydrogens (tertiary/aromatic N) is 3. The van der Waals surface area contributed by atoms with E-state index in [0.29, 0.717) is 19.0 Å². The lowest BCUT2D eigenvalue weighted by Crippen LogP contribution is -2.39. The number of aromatic nitrogens is 2. The summed E-state index contributed by atoms with van der Waals surface area (Å²) >= 11 is 0. The van der Waals surface area contributed by atoms with Crippen molar-refractivity contribution in [3.8, 4) is 0 Å². The van der Waals surface area contributed by atoms with E-state index in [0.717, 1.165) is 38.2 Å². The van der Waals surface area contributed by atoms with Crippen molar-refractivity contribution in [2.24, 2.45) is 4.99 Å². The van der Waals surface area contributed by atoms with Crippen LogP contribution in [0.3, 0.4) is 0 Å². The van der Waals surface area contributed by atoms with Gasteiger partial charge in [0.05, 0.1) is 0 Å². The van der Waals surface area contributed by atoms with Gasteiger partial charge in [0.15, 0.2) is 5.96 Å². The number of halogens is 3. The molecule has 1 aromatic heterocycles. The summed E-state index contributed by atoms with van der Waals surface area (Å²) in [5, 5.41) is 8.95. The van der Waals surface area contributed by atoms with Crippen LogP contribution < -0.4 is 16.0 Å². The monoisotopic (exact) mass is 332 g/mol. The van der Waals surface area contributed by atoms with E-state index in [-0.39, 0.29) is 5.95 Å². The highest BCUT2D eigenvalue weighted by atomic mass is 19.4. The van der Waals surface area contributed by atoms with Gasteiger partial charge >= 0.3 is 6.18 Å². The van der Waals surface area contributed by atoms with Gasteiger partial charge in [-0.25, -0.2) is 9.97 Å². The molecule has 1 heterocycles. The van der Waals surface area contributed by atoms with E-state index in [2.05, 4.69) is 37.8 Å². The molecule has 9 heteroatoms. The first-order valence-electron chi connectivity index (χ1n) is 7.63. The number of unbranched alkanes of at least 4 members (excludes halogenated alkanes) is 1. The van der Waals surface area contributed by atoms with Crippen molar-refractivity contribution >= 4 is 11.9 Å². The van der Waals surface area contributed by atoms with Crippen LogP contribution in [0.1, 0.15) is 32.4 Å². The van der Waals surface area contributed by atoms with E-state index >= 15 is 0 Å². The molecule has 0 aliphatic rings. The third-order valence-electron chi connectivity index (χ3n) is 2.77. The Morgan fingerprint density at radius 1 is 1.22 bits per heavy atom. The van der Waals surface area contributed by atoms with Gasteiger partial charge in [0, 0.05) is 32.4 Å². The lowest BCUT2D eigenvalue weighted by Gasteiger charge is -2.12. The van der Waals surface area contributed by atoms with E-state index in [1.165, 1.54) is 0 Å². The molecule has 0 unspecified atom stereocenters. The summed E-state index contributed by atoms with van der Waals surface area (Å²) in [6.45, 7) is 6.38. The molecule has 0 atom stereocenters. The Balaban J connectivity index is 2.42. The molecular weight excluding hydrogens is 309 g/mol. The van der Waals surface area contributed by atoms with Gasteiger partial charge in [-0.05, 0) is 19.4 Å². The maximum Gasteiger partial charge on any atom is 0.433 e. The zero-order valence-electron chi connectivity index (χ0n) is 13.4. The molecule has 0 radical (unpaired) electrons. The number of aliphatic imine (C=N–C) groups is 1. The molecule has 1 aromatic rings. The Morgan fingerprint density at radius 3 is 2.65 bits per heavy atom. The highest BCUT2D eigenvalue weighted by molar-refractivity contribution is 5.79.